The molecule has 0 saturated carbocycles. The molecule has 0 aromatic heterocycles. The topological polar surface area (TPSA) is 29.5 Å². The fraction of sp³-hybridized carbons (Fsp3) is 0.455. The summed E-state index contributed by atoms with van der Waals surface area (Å²) in [6.45, 7) is 1.45. The Bertz CT molecular complexity index is 362. The van der Waals surface area contributed by atoms with E-state index in [1.54, 1.807) is 6.07 Å². The lowest BCUT2D eigenvalue weighted by Gasteiger charge is -2.41. The third kappa shape index (κ3) is 2.00. The van der Waals surface area contributed by atoms with Crippen molar-refractivity contribution in [2.24, 2.45) is 0 Å². The van der Waals surface area contributed by atoms with Crippen LogP contribution in [0.15, 0.2) is 18.2 Å². The molecule has 0 radical (unpaired) electrons. The van der Waals surface area contributed by atoms with E-state index in [9.17, 15) is 0 Å². The van der Waals surface area contributed by atoms with E-state index in [2.05, 4.69) is 0 Å². The maximum atomic E-state index is 9.04. The normalized spacial score (nSPS) is 18.6. The summed E-state index contributed by atoms with van der Waals surface area (Å²) in [6, 6.07) is 5.60. The Morgan fingerprint density at radius 3 is 2.47 bits per heavy atom. The molecule has 1 aliphatic heterocycles. The second-order valence-electron chi connectivity index (χ2n) is 3.88. The third-order valence-corrected chi connectivity index (χ3v) is 3.62. The standard InChI is InChI=1S/C11H12Cl2O2/c12-9-2-1-8(5-10(9)13)11(3-4-14)6-15-7-11/h1-2,5,14H,3-4,6-7H2. The summed E-state index contributed by atoms with van der Waals surface area (Å²) in [6.07, 6.45) is 0.699. The molecule has 0 unspecified atom stereocenters. The van der Waals surface area contributed by atoms with Crippen molar-refractivity contribution < 1.29 is 9.84 Å². The maximum Gasteiger partial charge on any atom is 0.0595 e. The van der Waals surface area contributed by atoms with Crippen LogP contribution in [0.5, 0.6) is 0 Å². The number of aliphatic hydroxyl groups is 1. The van der Waals surface area contributed by atoms with Crippen LogP contribution in [-0.4, -0.2) is 24.9 Å². The van der Waals surface area contributed by atoms with Gasteiger partial charge in [-0.1, -0.05) is 29.3 Å². The Morgan fingerprint density at radius 1 is 1.27 bits per heavy atom. The first kappa shape index (κ1) is 11.2. The highest BCUT2D eigenvalue weighted by atomic mass is 35.5. The van der Waals surface area contributed by atoms with Gasteiger partial charge in [0.2, 0.25) is 0 Å². The minimum Gasteiger partial charge on any atom is -0.396 e. The molecule has 0 aliphatic carbocycles. The molecule has 1 fully saturated rings. The molecule has 1 aromatic carbocycles. The number of aliphatic hydroxyl groups excluding tert-OH is 1. The summed E-state index contributed by atoms with van der Waals surface area (Å²) >= 11 is 11.8. The second-order valence-corrected chi connectivity index (χ2v) is 4.69. The summed E-state index contributed by atoms with van der Waals surface area (Å²) < 4.78 is 5.23. The fourth-order valence-electron chi connectivity index (χ4n) is 1.84. The third-order valence-electron chi connectivity index (χ3n) is 2.88. The second kappa shape index (κ2) is 4.30. The highest BCUT2D eigenvalue weighted by Crippen LogP contribution is 2.37. The molecule has 0 spiro atoms. The summed E-state index contributed by atoms with van der Waals surface area (Å²) in [5, 5.41) is 10.1. The van der Waals surface area contributed by atoms with Gasteiger partial charge in [0.1, 0.15) is 0 Å². The van der Waals surface area contributed by atoms with Gasteiger partial charge in [0, 0.05) is 12.0 Å². The number of ether oxygens (including phenoxy) is 1. The Hall–Kier alpha value is -0.280. The van der Waals surface area contributed by atoms with Gasteiger partial charge in [-0.3, -0.25) is 0 Å². The quantitative estimate of drug-likeness (QED) is 0.889. The largest absolute Gasteiger partial charge is 0.396 e. The first-order chi connectivity index (χ1) is 7.18. The van der Waals surface area contributed by atoms with Crippen LogP contribution in [0.3, 0.4) is 0 Å². The zero-order chi connectivity index (χ0) is 10.9. The molecule has 4 heteroatoms. The van der Waals surface area contributed by atoms with Gasteiger partial charge in [0.15, 0.2) is 0 Å². The van der Waals surface area contributed by atoms with E-state index in [-0.39, 0.29) is 12.0 Å². The van der Waals surface area contributed by atoms with Crippen LogP contribution < -0.4 is 0 Å². The van der Waals surface area contributed by atoms with Gasteiger partial charge in [0.25, 0.3) is 0 Å². The van der Waals surface area contributed by atoms with Crippen molar-refractivity contribution in [2.45, 2.75) is 11.8 Å². The van der Waals surface area contributed by atoms with Gasteiger partial charge in [-0.2, -0.15) is 0 Å². The predicted molar refractivity (Wildman–Crippen MR) is 60.7 cm³/mol. The Morgan fingerprint density at radius 2 is 2.00 bits per heavy atom. The lowest BCUT2D eigenvalue weighted by atomic mass is 9.76. The van der Waals surface area contributed by atoms with E-state index < -0.39 is 0 Å². The van der Waals surface area contributed by atoms with E-state index in [1.807, 2.05) is 12.1 Å². The van der Waals surface area contributed by atoms with Crippen molar-refractivity contribution in [3.63, 3.8) is 0 Å². The van der Waals surface area contributed by atoms with Crippen molar-refractivity contribution in [1.29, 1.82) is 0 Å². The number of rotatable bonds is 3. The number of hydrogen-bond acceptors (Lipinski definition) is 2. The Labute approximate surface area is 98.8 Å². The zero-order valence-corrected chi connectivity index (χ0v) is 9.68. The van der Waals surface area contributed by atoms with E-state index in [0.29, 0.717) is 29.7 Å². The molecule has 0 atom stereocenters. The average Bonchev–Trinajstić information content (AvgIpc) is 2.16. The van der Waals surface area contributed by atoms with Crippen LogP contribution >= 0.6 is 23.2 Å². The number of benzene rings is 1. The summed E-state index contributed by atoms with van der Waals surface area (Å²) in [5.74, 6) is 0. The SMILES string of the molecule is OCCC1(c2ccc(Cl)c(Cl)c2)COC1. The lowest BCUT2D eigenvalue weighted by molar-refractivity contribution is -0.0700. The van der Waals surface area contributed by atoms with Crippen molar-refractivity contribution >= 4 is 23.2 Å². The smallest absolute Gasteiger partial charge is 0.0595 e. The molecule has 1 aliphatic rings. The minimum absolute atomic E-state index is 0.0665. The van der Waals surface area contributed by atoms with E-state index in [0.717, 1.165) is 5.56 Å². The van der Waals surface area contributed by atoms with Gasteiger partial charge in [0.05, 0.1) is 23.3 Å². The summed E-state index contributed by atoms with van der Waals surface area (Å²) in [5.41, 5.74) is 1.03. The van der Waals surface area contributed by atoms with Gasteiger partial charge < -0.3 is 9.84 Å². The van der Waals surface area contributed by atoms with Crippen molar-refractivity contribution in [2.75, 3.05) is 19.8 Å². The molecule has 1 saturated heterocycles. The van der Waals surface area contributed by atoms with Crippen molar-refractivity contribution in [3.8, 4) is 0 Å². The molecular formula is C11H12Cl2O2. The molecule has 0 bridgehead atoms. The minimum atomic E-state index is -0.0665. The monoisotopic (exact) mass is 246 g/mol. The Kier molecular flexibility index (Phi) is 3.21. The van der Waals surface area contributed by atoms with Gasteiger partial charge in [-0.05, 0) is 24.1 Å². The Balaban J connectivity index is 2.30. The molecule has 1 N–H and O–H groups in total. The highest BCUT2D eigenvalue weighted by molar-refractivity contribution is 6.42. The van der Waals surface area contributed by atoms with Crippen LogP contribution in [0.1, 0.15) is 12.0 Å². The van der Waals surface area contributed by atoms with E-state index in [1.165, 1.54) is 0 Å². The molecular weight excluding hydrogens is 235 g/mol. The molecule has 2 rings (SSSR count). The van der Waals surface area contributed by atoms with Crippen LogP contribution in [-0.2, 0) is 10.2 Å². The van der Waals surface area contributed by atoms with Gasteiger partial charge in [-0.15, -0.1) is 0 Å². The predicted octanol–water partition coefficient (Wildman–Crippen LogP) is 2.64. The molecule has 82 valence electrons. The molecule has 1 aromatic rings. The van der Waals surface area contributed by atoms with Crippen LogP contribution in [0.25, 0.3) is 0 Å². The highest BCUT2D eigenvalue weighted by Gasteiger charge is 2.39. The van der Waals surface area contributed by atoms with Crippen LogP contribution in [0.2, 0.25) is 10.0 Å². The van der Waals surface area contributed by atoms with Crippen molar-refractivity contribution in [1.82, 2.24) is 0 Å². The van der Waals surface area contributed by atoms with E-state index in [4.69, 9.17) is 33.0 Å². The summed E-state index contributed by atoms with van der Waals surface area (Å²) in [7, 11) is 0. The maximum absolute atomic E-state index is 9.04. The van der Waals surface area contributed by atoms with Gasteiger partial charge in [-0.25, -0.2) is 0 Å². The molecule has 2 nitrogen and oxygen atoms in total. The molecule has 1 heterocycles. The van der Waals surface area contributed by atoms with Crippen molar-refractivity contribution in [3.05, 3.63) is 33.8 Å². The van der Waals surface area contributed by atoms with E-state index >= 15 is 0 Å². The lowest BCUT2D eigenvalue weighted by Crippen LogP contribution is -2.47. The first-order valence-electron chi connectivity index (χ1n) is 4.82. The fourth-order valence-corrected chi connectivity index (χ4v) is 2.14. The summed E-state index contributed by atoms with van der Waals surface area (Å²) in [4.78, 5) is 0. The molecule has 15 heavy (non-hydrogen) atoms. The molecule has 0 amide bonds. The van der Waals surface area contributed by atoms with Crippen LogP contribution in [0, 0.1) is 0 Å². The number of halogens is 2. The average molecular weight is 247 g/mol. The zero-order valence-electron chi connectivity index (χ0n) is 8.17. The van der Waals surface area contributed by atoms with Gasteiger partial charge >= 0.3 is 0 Å². The number of hydrogen-bond donors (Lipinski definition) is 1. The van der Waals surface area contributed by atoms with Crippen LogP contribution in [0.4, 0.5) is 0 Å². The first-order valence-corrected chi connectivity index (χ1v) is 5.58.